The van der Waals surface area contributed by atoms with E-state index in [-0.39, 0.29) is 4.75 Å². The van der Waals surface area contributed by atoms with Crippen molar-refractivity contribution in [3.63, 3.8) is 0 Å². The summed E-state index contributed by atoms with van der Waals surface area (Å²) in [5, 5.41) is 0. The Balaban J connectivity index is 2.22. The molecule has 1 atom stereocenters. The second-order valence-electron chi connectivity index (χ2n) is 5.72. The second kappa shape index (κ2) is 5.51. The summed E-state index contributed by atoms with van der Waals surface area (Å²) in [5.74, 6) is 1.24. The fraction of sp³-hybridized carbons (Fsp3) is 0.571. The third-order valence-electron chi connectivity index (χ3n) is 2.95. The van der Waals surface area contributed by atoms with Crippen LogP contribution >= 0.6 is 0 Å². The number of ether oxygens (including phenoxy) is 1. The molecule has 1 aromatic rings. The molecule has 2 rings (SSSR count). The van der Waals surface area contributed by atoms with Gasteiger partial charge < -0.3 is 9.29 Å². The van der Waals surface area contributed by atoms with Gasteiger partial charge in [0.05, 0.1) is 19.5 Å². The minimum atomic E-state index is -1.26. The molecule has 5 heteroatoms. The average molecular weight is 280 g/mol. The lowest BCUT2D eigenvalue weighted by atomic mass is 10.2. The predicted octanol–water partition coefficient (Wildman–Crippen LogP) is 2.85. The monoisotopic (exact) mass is 280 g/mol. The zero-order valence-electron chi connectivity index (χ0n) is 11.8. The zero-order valence-corrected chi connectivity index (χ0v) is 12.7. The molecule has 0 saturated heterocycles. The van der Waals surface area contributed by atoms with Crippen molar-refractivity contribution in [1.29, 1.82) is 0 Å². The van der Waals surface area contributed by atoms with E-state index in [1.807, 2.05) is 26.8 Å². The maximum absolute atomic E-state index is 11.9. The summed E-state index contributed by atoms with van der Waals surface area (Å²) >= 11 is -1.26. The van der Waals surface area contributed by atoms with E-state index in [0.29, 0.717) is 11.7 Å². The number of aromatic nitrogens is 1. The van der Waals surface area contributed by atoms with Crippen molar-refractivity contribution < 1.29 is 9.29 Å². The fourth-order valence-corrected chi connectivity index (χ4v) is 2.14. The number of methoxy groups -OCH3 is 1. The smallest absolute Gasteiger partial charge is 0.146 e. The Hall–Kier alpha value is -1.07. The average Bonchev–Trinajstić information content (AvgIpc) is 3.18. The van der Waals surface area contributed by atoms with E-state index in [9.17, 15) is 4.55 Å². The topological polar surface area (TPSA) is 57.5 Å². The van der Waals surface area contributed by atoms with Crippen LogP contribution in [-0.4, -0.2) is 27.6 Å². The van der Waals surface area contributed by atoms with Crippen molar-refractivity contribution in [2.45, 2.75) is 44.3 Å². The third kappa shape index (κ3) is 3.70. The molecule has 4 nitrogen and oxygen atoms in total. The Labute approximate surface area is 117 Å². The molecule has 1 saturated carbocycles. The van der Waals surface area contributed by atoms with Crippen molar-refractivity contribution >= 4 is 17.6 Å². The highest BCUT2D eigenvalue weighted by molar-refractivity contribution is 7.91. The highest BCUT2D eigenvalue weighted by Gasteiger charge is 2.27. The van der Waals surface area contributed by atoms with Crippen LogP contribution in [-0.2, 0) is 11.4 Å². The van der Waals surface area contributed by atoms with Gasteiger partial charge in [0.2, 0.25) is 0 Å². The molecule has 1 aliphatic carbocycles. The van der Waals surface area contributed by atoms with Crippen LogP contribution in [0.1, 0.15) is 50.8 Å². The van der Waals surface area contributed by atoms with Crippen LogP contribution in [0.4, 0.5) is 0 Å². The minimum Gasteiger partial charge on any atom is -0.591 e. The van der Waals surface area contributed by atoms with Crippen molar-refractivity contribution in [3.05, 3.63) is 23.5 Å². The van der Waals surface area contributed by atoms with Gasteiger partial charge in [0.25, 0.3) is 0 Å². The molecule has 0 amide bonds. The lowest BCUT2D eigenvalue weighted by molar-refractivity contribution is 0.412. The Morgan fingerprint density at radius 1 is 1.47 bits per heavy atom. The van der Waals surface area contributed by atoms with Crippen LogP contribution in [0.2, 0.25) is 0 Å². The van der Waals surface area contributed by atoms with E-state index in [1.165, 1.54) is 12.8 Å². The van der Waals surface area contributed by atoms with E-state index in [0.717, 1.165) is 11.3 Å². The molecular formula is C14H20N2O2S. The summed E-state index contributed by atoms with van der Waals surface area (Å²) in [4.78, 5) is 4.39. The molecule has 0 aliphatic heterocycles. The van der Waals surface area contributed by atoms with Gasteiger partial charge in [0.15, 0.2) is 0 Å². The highest BCUT2D eigenvalue weighted by atomic mass is 32.2. The number of nitrogens with zero attached hydrogens (tertiary/aromatic N) is 2. The van der Waals surface area contributed by atoms with Gasteiger partial charge >= 0.3 is 0 Å². The molecule has 0 spiro atoms. The van der Waals surface area contributed by atoms with Gasteiger partial charge in [-0.2, -0.15) is 0 Å². The highest BCUT2D eigenvalue weighted by Crippen LogP contribution is 2.39. The normalized spacial score (nSPS) is 17.7. The molecule has 0 N–H and O–H groups in total. The molecule has 0 radical (unpaired) electrons. The maximum Gasteiger partial charge on any atom is 0.146 e. The summed E-state index contributed by atoms with van der Waals surface area (Å²) in [7, 11) is 1.60. The molecular weight excluding hydrogens is 260 g/mol. The summed E-state index contributed by atoms with van der Waals surface area (Å²) < 4.78 is 21.0. The Kier molecular flexibility index (Phi) is 4.16. The Morgan fingerprint density at radius 3 is 2.68 bits per heavy atom. The molecule has 1 fully saturated rings. The van der Waals surface area contributed by atoms with E-state index in [2.05, 4.69) is 9.38 Å². The summed E-state index contributed by atoms with van der Waals surface area (Å²) in [5.41, 5.74) is 1.92. The first-order valence-electron chi connectivity index (χ1n) is 6.42. The first-order chi connectivity index (χ1) is 8.91. The van der Waals surface area contributed by atoms with Gasteiger partial charge in [-0.05, 0) is 39.7 Å². The minimum absolute atomic E-state index is 0.351. The lowest BCUT2D eigenvalue weighted by Gasteiger charge is -2.17. The van der Waals surface area contributed by atoms with Crippen LogP contribution in [0.3, 0.4) is 0 Å². The predicted molar refractivity (Wildman–Crippen MR) is 78.3 cm³/mol. The van der Waals surface area contributed by atoms with E-state index in [1.54, 1.807) is 19.5 Å². The van der Waals surface area contributed by atoms with E-state index >= 15 is 0 Å². The quantitative estimate of drug-likeness (QED) is 0.629. The fourth-order valence-electron chi connectivity index (χ4n) is 1.61. The van der Waals surface area contributed by atoms with Gasteiger partial charge in [-0.1, -0.05) is 4.40 Å². The second-order valence-corrected chi connectivity index (χ2v) is 7.66. The van der Waals surface area contributed by atoms with Crippen LogP contribution in [0.25, 0.3) is 0 Å². The van der Waals surface area contributed by atoms with Gasteiger partial charge in [-0.15, -0.1) is 0 Å². The lowest BCUT2D eigenvalue weighted by Crippen LogP contribution is -2.25. The van der Waals surface area contributed by atoms with Gasteiger partial charge in [0, 0.05) is 17.2 Å². The van der Waals surface area contributed by atoms with Gasteiger partial charge in [-0.25, -0.2) is 0 Å². The number of hydrogen-bond donors (Lipinski definition) is 0. The largest absolute Gasteiger partial charge is 0.591 e. The van der Waals surface area contributed by atoms with Crippen molar-refractivity contribution in [2.24, 2.45) is 4.40 Å². The Bertz CT molecular complexity index is 479. The molecule has 1 unspecified atom stereocenters. The number of hydrogen-bond acceptors (Lipinski definition) is 4. The maximum atomic E-state index is 11.9. The molecule has 0 bridgehead atoms. The van der Waals surface area contributed by atoms with E-state index < -0.39 is 11.4 Å². The van der Waals surface area contributed by atoms with Crippen molar-refractivity contribution in [2.75, 3.05) is 7.11 Å². The Morgan fingerprint density at radius 2 is 2.16 bits per heavy atom. The van der Waals surface area contributed by atoms with Crippen LogP contribution < -0.4 is 4.74 Å². The number of rotatable bonds is 4. The first kappa shape index (κ1) is 14.3. The van der Waals surface area contributed by atoms with Gasteiger partial charge in [0.1, 0.15) is 21.9 Å². The molecule has 19 heavy (non-hydrogen) atoms. The van der Waals surface area contributed by atoms with Gasteiger partial charge in [-0.3, -0.25) is 4.98 Å². The summed E-state index contributed by atoms with van der Waals surface area (Å²) in [6.07, 6.45) is 5.75. The molecule has 1 aliphatic rings. The summed E-state index contributed by atoms with van der Waals surface area (Å²) in [6, 6.07) is 1.99. The van der Waals surface area contributed by atoms with Crippen molar-refractivity contribution in [3.8, 4) is 5.75 Å². The van der Waals surface area contributed by atoms with Crippen LogP contribution in [0, 0.1) is 0 Å². The molecule has 104 valence electrons. The molecule has 1 heterocycles. The van der Waals surface area contributed by atoms with Crippen molar-refractivity contribution in [1.82, 2.24) is 4.98 Å². The third-order valence-corrected chi connectivity index (χ3v) is 4.29. The van der Waals surface area contributed by atoms with Crippen LogP contribution in [0.15, 0.2) is 16.7 Å². The molecule has 1 aromatic heterocycles. The molecule has 0 aromatic carbocycles. The van der Waals surface area contributed by atoms with E-state index in [4.69, 9.17) is 4.74 Å². The standard InChI is InChI=1S/C14H20N2O2S/c1-14(2,3)19(17)16-8-11-7-12(10-5-6-10)15-9-13(11)18-4/h7-10H,5-6H2,1-4H3/b16-8+. The SMILES string of the molecule is COc1cnc(C2CC2)cc1/C=N/[S+]([O-])C(C)(C)C. The summed E-state index contributed by atoms with van der Waals surface area (Å²) in [6.45, 7) is 5.71. The van der Waals surface area contributed by atoms with Crippen LogP contribution in [0.5, 0.6) is 5.75 Å². The zero-order chi connectivity index (χ0) is 14.0. The first-order valence-corrected chi connectivity index (χ1v) is 7.52. The number of pyridine rings is 1.